The molecule has 0 saturated heterocycles. The SMILES string of the molecule is CC.Cc1ccc(Oc2ccc(Oc3ccnc(Cl)c3)c(C)n2)c(C)n1. The minimum atomic E-state index is 0.375. The molecule has 0 aromatic carbocycles. The highest BCUT2D eigenvalue weighted by Gasteiger charge is 2.08. The second-order valence-corrected chi connectivity index (χ2v) is 5.67. The van der Waals surface area contributed by atoms with Crippen LogP contribution in [0.3, 0.4) is 0 Å². The van der Waals surface area contributed by atoms with Gasteiger partial charge in [0, 0.05) is 24.0 Å². The van der Waals surface area contributed by atoms with E-state index in [9.17, 15) is 0 Å². The Morgan fingerprint density at radius 3 is 2.12 bits per heavy atom. The van der Waals surface area contributed by atoms with Crippen LogP contribution in [0.2, 0.25) is 5.15 Å². The van der Waals surface area contributed by atoms with Crippen LogP contribution in [0, 0.1) is 20.8 Å². The molecule has 6 heteroatoms. The van der Waals surface area contributed by atoms with Gasteiger partial charge in [-0.1, -0.05) is 25.4 Å². The molecule has 0 bridgehead atoms. The van der Waals surface area contributed by atoms with Gasteiger partial charge in [0.2, 0.25) is 5.88 Å². The maximum Gasteiger partial charge on any atom is 0.219 e. The molecule has 3 aromatic rings. The molecule has 3 rings (SSSR count). The first-order valence-electron chi connectivity index (χ1n) is 8.40. The third-order valence-corrected chi connectivity index (χ3v) is 3.54. The summed E-state index contributed by atoms with van der Waals surface area (Å²) in [6.07, 6.45) is 1.59. The normalized spacial score (nSPS) is 9.92. The highest BCUT2D eigenvalue weighted by Crippen LogP contribution is 2.29. The average molecular weight is 372 g/mol. The Morgan fingerprint density at radius 2 is 1.46 bits per heavy atom. The van der Waals surface area contributed by atoms with E-state index < -0.39 is 0 Å². The lowest BCUT2D eigenvalue weighted by atomic mass is 10.3. The summed E-state index contributed by atoms with van der Waals surface area (Å²) in [7, 11) is 0. The summed E-state index contributed by atoms with van der Waals surface area (Å²) in [5.41, 5.74) is 2.48. The second-order valence-electron chi connectivity index (χ2n) is 5.29. The van der Waals surface area contributed by atoms with E-state index in [1.54, 1.807) is 24.4 Å². The molecule has 0 aliphatic heterocycles. The van der Waals surface area contributed by atoms with Gasteiger partial charge in [0.15, 0.2) is 5.75 Å². The molecule has 0 amide bonds. The quantitative estimate of drug-likeness (QED) is 0.521. The molecule has 0 atom stereocenters. The Kier molecular flexibility index (Phi) is 6.92. The Balaban J connectivity index is 0.00000117. The topological polar surface area (TPSA) is 57.1 Å². The Hall–Kier alpha value is -2.66. The van der Waals surface area contributed by atoms with Gasteiger partial charge in [0.05, 0.1) is 11.4 Å². The minimum Gasteiger partial charge on any atom is -0.455 e. The van der Waals surface area contributed by atoms with Crippen LogP contribution in [0.25, 0.3) is 0 Å². The van der Waals surface area contributed by atoms with E-state index in [1.807, 2.05) is 52.8 Å². The largest absolute Gasteiger partial charge is 0.455 e. The van der Waals surface area contributed by atoms with E-state index >= 15 is 0 Å². The van der Waals surface area contributed by atoms with Crippen LogP contribution in [-0.4, -0.2) is 15.0 Å². The number of aryl methyl sites for hydroxylation is 3. The average Bonchev–Trinajstić information content (AvgIpc) is 2.62. The van der Waals surface area contributed by atoms with Crippen molar-refractivity contribution in [2.75, 3.05) is 0 Å². The molecular formula is C20H22ClN3O2. The lowest BCUT2D eigenvalue weighted by molar-refractivity contribution is 0.442. The van der Waals surface area contributed by atoms with Crippen LogP contribution in [0.15, 0.2) is 42.6 Å². The minimum absolute atomic E-state index is 0.375. The zero-order valence-corrected chi connectivity index (χ0v) is 16.3. The maximum absolute atomic E-state index is 5.86. The van der Waals surface area contributed by atoms with Crippen molar-refractivity contribution in [2.45, 2.75) is 34.6 Å². The van der Waals surface area contributed by atoms with Crippen molar-refractivity contribution < 1.29 is 9.47 Å². The molecule has 0 unspecified atom stereocenters. The van der Waals surface area contributed by atoms with E-state index in [0.29, 0.717) is 34.0 Å². The molecule has 0 radical (unpaired) electrons. The highest BCUT2D eigenvalue weighted by atomic mass is 35.5. The van der Waals surface area contributed by atoms with Crippen LogP contribution < -0.4 is 9.47 Å². The molecule has 0 saturated carbocycles. The van der Waals surface area contributed by atoms with Crippen molar-refractivity contribution in [3.63, 3.8) is 0 Å². The van der Waals surface area contributed by atoms with Gasteiger partial charge in [-0.25, -0.2) is 9.97 Å². The number of pyridine rings is 3. The van der Waals surface area contributed by atoms with Crippen molar-refractivity contribution >= 4 is 11.6 Å². The van der Waals surface area contributed by atoms with E-state index in [1.165, 1.54) is 0 Å². The molecule has 0 fully saturated rings. The van der Waals surface area contributed by atoms with Gasteiger partial charge in [-0.2, -0.15) is 0 Å². The fourth-order valence-electron chi connectivity index (χ4n) is 2.16. The van der Waals surface area contributed by atoms with Gasteiger partial charge in [0.25, 0.3) is 0 Å². The fourth-order valence-corrected chi connectivity index (χ4v) is 2.32. The van der Waals surface area contributed by atoms with Gasteiger partial charge in [0.1, 0.15) is 16.7 Å². The van der Waals surface area contributed by atoms with Crippen LogP contribution in [0.5, 0.6) is 23.1 Å². The van der Waals surface area contributed by atoms with E-state index in [0.717, 1.165) is 11.4 Å². The van der Waals surface area contributed by atoms with Crippen molar-refractivity contribution in [3.05, 3.63) is 64.8 Å². The number of rotatable bonds is 4. The zero-order chi connectivity index (χ0) is 19.1. The molecule has 136 valence electrons. The van der Waals surface area contributed by atoms with Gasteiger partial charge >= 0.3 is 0 Å². The van der Waals surface area contributed by atoms with Crippen LogP contribution >= 0.6 is 11.6 Å². The molecule has 26 heavy (non-hydrogen) atoms. The van der Waals surface area contributed by atoms with E-state index in [4.69, 9.17) is 21.1 Å². The summed E-state index contributed by atoms with van der Waals surface area (Å²) in [5.74, 6) is 2.40. The maximum atomic E-state index is 5.86. The Labute approximate surface area is 159 Å². The third kappa shape index (κ3) is 5.17. The van der Waals surface area contributed by atoms with Gasteiger partial charge in [-0.3, -0.25) is 4.98 Å². The predicted octanol–water partition coefficient (Wildman–Crippen LogP) is 6.06. The van der Waals surface area contributed by atoms with Gasteiger partial charge < -0.3 is 9.47 Å². The summed E-state index contributed by atoms with van der Waals surface area (Å²) in [6, 6.07) is 10.7. The smallest absolute Gasteiger partial charge is 0.219 e. The van der Waals surface area contributed by atoms with Crippen molar-refractivity contribution in [2.24, 2.45) is 0 Å². The summed E-state index contributed by atoms with van der Waals surface area (Å²) in [6.45, 7) is 9.70. The first-order valence-corrected chi connectivity index (χ1v) is 8.78. The number of hydrogen-bond acceptors (Lipinski definition) is 5. The number of hydrogen-bond donors (Lipinski definition) is 0. The molecule has 0 spiro atoms. The number of ether oxygens (including phenoxy) is 2. The van der Waals surface area contributed by atoms with Crippen molar-refractivity contribution in [1.29, 1.82) is 0 Å². The highest BCUT2D eigenvalue weighted by molar-refractivity contribution is 6.29. The number of halogens is 1. The van der Waals surface area contributed by atoms with Crippen LogP contribution in [0.1, 0.15) is 30.9 Å². The molecule has 5 nitrogen and oxygen atoms in total. The summed E-state index contributed by atoms with van der Waals surface area (Å²) >= 11 is 5.86. The number of aromatic nitrogens is 3. The Morgan fingerprint density at radius 1 is 0.808 bits per heavy atom. The van der Waals surface area contributed by atoms with E-state index in [2.05, 4.69) is 15.0 Å². The second kappa shape index (κ2) is 9.15. The summed E-state index contributed by atoms with van der Waals surface area (Å²) in [5, 5.41) is 0.375. The third-order valence-electron chi connectivity index (χ3n) is 3.33. The fraction of sp³-hybridized carbons (Fsp3) is 0.250. The van der Waals surface area contributed by atoms with Gasteiger partial charge in [-0.05, 0) is 45.0 Å². The molecule has 3 aromatic heterocycles. The lowest BCUT2D eigenvalue weighted by Gasteiger charge is -2.11. The van der Waals surface area contributed by atoms with Crippen molar-refractivity contribution in [3.8, 4) is 23.1 Å². The Bertz CT molecular complexity index is 885. The number of nitrogens with zero attached hydrogens (tertiary/aromatic N) is 3. The lowest BCUT2D eigenvalue weighted by Crippen LogP contribution is -1.96. The predicted molar refractivity (Wildman–Crippen MR) is 103 cm³/mol. The molecule has 0 aliphatic rings. The van der Waals surface area contributed by atoms with Gasteiger partial charge in [-0.15, -0.1) is 0 Å². The van der Waals surface area contributed by atoms with Crippen LogP contribution in [0.4, 0.5) is 0 Å². The van der Waals surface area contributed by atoms with E-state index in [-0.39, 0.29) is 0 Å². The molecule has 0 N–H and O–H groups in total. The molecule has 0 aliphatic carbocycles. The van der Waals surface area contributed by atoms with Crippen molar-refractivity contribution in [1.82, 2.24) is 15.0 Å². The molecular weight excluding hydrogens is 350 g/mol. The summed E-state index contributed by atoms with van der Waals surface area (Å²) in [4.78, 5) is 12.7. The zero-order valence-electron chi connectivity index (χ0n) is 15.6. The summed E-state index contributed by atoms with van der Waals surface area (Å²) < 4.78 is 11.6. The molecule has 3 heterocycles. The first kappa shape index (κ1) is 19.7. The standard InChI is InChI=1S/C18H16ClN3O2.C2H6/c1-11-4-5-16(12(2)21-11)24-18-7-6-15(13(3)22-18)23-14-8-9-20-17(19)10-14;1-2/h4-10H,1-3H3;1-2H3. The van der Waals surface area contributed by atoms with Crippen LogP contribution in [-0.2, 0) is 0 Å². The monoisotopic (exact) mass is 371 g/mol. The first-order chi connectivity index (χ1) is 12.5.